The van der Waals surface area contributed by atoms with Crippen molar-refractivity contribution in [2.45, 2.75) is 38.6 Å². The molecule has 0 radical (unpaired) electrons. The molecule has 140 valence electrons. The Hall–Kier alpha value is -2.18. The fourth-order valence-electron chi connectivity index (χ4n) is 2.85. The Morgan fingerprint density at radius 2 is 1.65 bits per heavy atom. The number of hydrogen-bond donors (Lipinski definition) is 1. The van der Waals surface area contributed by atoms with Crippen LogP contribution in [0.2, 0.25) is 0 Å². The number of aryl methyl sites for hydroxylation is 2. The summed E-state index contributed by atoms with van der Waals surface area (Å²) in [4.78, 5) is 12.9. The molecule has 0 saturated heterocycles. The molecule has 6 heteroatoms. The molecule has 0 heterocycles. The van der Waals surface area contributed by atoms with Crippen LogP contribution in [0.4, 0.5) is 0 Å². The molecule has 1 atom stereocenters. The third kappa shape index (κ3) is 3.97. The number of rotatable bonds is 5. The lowest BCUT2D eigenvalue weighted by atomic mass is 10.0. The zero-order chi connectivity index (χ0) is 19.6. The predicted octanol–water partition coefficient (Wildman–Crippen LogP) is 3.35. The second-order valence-corrected chi connectivity index (χ2v) is 8.88. The molecule has 1 N–H and O–H groups in total. The maximum Gasteiger partial charge on any atom is 0.251 e. The van der Waals surface area contributed by atoms with E-state index >= 15 is 0 Å². The van der Waals surface area contributed by atoms with E-state index in [-0.39, 0.29) is 16.8 Å². The molecule has 2 aromatic rings. The zero-order valence-corrected chi connectivity index (χ0v) is 16.9. The van der Waals surface area contributed by atoms with Crippen LogP contribution < -0.4 is 5.32 Å². The lowest BCUT2D eigenvalue weighted by molar-refractivity contribution is 0.0939. The summed E-state index contributed by atoms with van der Waals surface area (Å²) in [5.74, 6) is -0.293. The van der Waals surface area contributed by atoms with Crippen molar-refractivity contribution in [2.75, 3.05) is 14.1 Å². The minimum Gasteiger partial charge on any atom is -0.346 e. The molecule has 5 nitrogen and oxygen atoms in total. The van der Waals surface area contributed by atoms with E-state index < -0.39 is 10.0 Å². The van der Waals surface area contributed by atoms with Gasteiger partial charge in [0.1, 0.15) is 0 Å². The molecule has 0 aliphatic rings. The standard InChI is InChI=1S/C20H26N2O3S/c1-13-9-7-8-10-18(13)16(4)21-20(23)17-11-14(2)15(3)19(12-17)26(24,25)22(5)6/h7-12,16H,1-6H3,(H,21,23). The molecule has 1 unspecified atom stereocenters. The van der Waals surface area contributed by atoms with Crippen LogP contribution in [-0.4, -0.2) is 32.7 Å². The highest BCUT2D eigenvalue weighted by Gasteiger charge is 2.23. The van der Waals surface area contributed by atoms with Crippen LogP contribution in [0.3, 0.4) is 0 Å². The molecule has 0 aromatic heterocycles. The second-order valence-electron chi connectivity index (χ2n) is 6.76. The monoisotopic (exact) mass is 374 g/mol. The first-order valence-corrected chi connectivity index (χ1v) is 9.90. The number of sulfonamides is 1. The SMILES string of the molecule is Cc1ccccc1C(C)NC(=O)c1cc(C)c(C)c(S(=O)(=O)N(C)C)c1. The van der Waals surface area contributed by atoms with Gasteiger partial charge in [0, 0.05) is 19.7 Å². The summed E-state index contributed by atoms with van der Waals surface area (Å²) in [5, 5.41) is 2.96. The summed E-state index contributed by atoms with van der Waals surface area (Å²) >= 11 is 0. The Morgan fingerprint density at radius 3 is 2.23 bits per heavy atom. The Balaban J connectivity index is 2.38. The van der Waals surface area contributed by atoms with Gasteiger partial charge in [-0.2, -0.15) is 0 Å². The molecular formula is C20H26N2O3S. The summed E-state index contributed by atoms with van der Waals surface area (Å²) in [6.45, 7) is 7.48. The highest BCUT2D eigenvalue weighted by molar-refractivity contribution is 7.89. The molecule has 1 amide bonds. The lowest BCUT2D eigenvalue weighted by Crippen LogP contribution is -2.28. The number of nitrogens with one attached hydrogen (secondary N) is 1. The molecule has 0 aliphatic carbocycles. The first kappa shape index (κ1) is 20.1. The Bertz CT molecular complexity index is 934. The van der Waals surface area contributed by atoms with Crippen LogP contribution in [0.5, 0.6) is 0 Å². The van der Waals surface area contributed by atoms with E-state index in [1.54, 1.807) is 13.0 Å². The second kappa shape index (κ2) is 7.60. The normalized spacial score (nSPS) is 12.9. The van der Waals surface area contributed by atoms with Crippen LogP contribution in [0.25, 0.3) is 0 Å². The number of carbonyl (C=O) groups excluding carboxylic acids is 1. The van der Waals surface area contributed by atoms with Crippen molar-refractivity contribution in [1.29, 1.82) is 0 Å². The van der Waals surface area contributed by atoms with Crippen LogP contribution in [0.1, 0.15) is 45.6 Å². The largest absolute Gasteiger partial charge is 0.346 e. The molecule has 2 rings (SSSR count). The van der Waals surface area contributed by atoms with Crippen molar-refractivity contribution < 1.29 is 13.2 Å². The highest BCUT2D eigenvalue weighted by atomic mass is 32.2. The van der Waals surface area contributed by atoms with Gasteiger partial charge >= 0.3 is 0 Å². The molecule has 0 spiro atoms. The van der Waals surface area contributed by atoms with E-state index in [0.717, 1.165) is 21.0 Å². The molecule has 0 bridgehead atoms. The minimum absolute atomic E-state index is 0.163. The molecule has 0 saturated carbocycles. The quantitative estimate of drug-likeness (QED) is 0.873. The van der Waals surface area contributed by atoms with Crippen molar-refractivity contribution in [2.24, 2.45) is 0 Å². The van der Waals surface area contributed by atoms with Gasteiger partial charge in [-0.3, -0.25) is 4.79 Å². The number of nitrogens with zero attached hydrogens (tertiary/aromatic N) is 1. The van der Waals surface area contributed by atoms with E-state index in [1.807, 2.05) is 45.0 Å². The van der Waals surface area contributed by atoms with Crippen molar-refractivity contribution in [3.05, 3.63) is 64.2 Å². The van der Waals surface area contributed by atoms with Gasteiger partial charge in [0.15, 0.2) is 0 Å². The first-order valence-electron chi connectivity index (χ1n) is 8.46. The molecule has 0 fully saturated rings. The summed E-state index contributed by atoms with van der Waals surface area (Å²) in [6.07, 6.45) is 0. The summed E-state index contributed by atoms with van der Waals surface area (Å²) in [5.41, 5.74) is 3.89. The van der Waals surface area contributed by atoms with E-state index in [0.29, 0.717) is 11.1 Å². The van der Waals surface area contributed by atoms with E-state index in [1.165, 1.54) is 20.2 Å². The summed E-state index contributed by atoms with van der Waals surface area (Å²) < 4.78 is 26.3. The van der Waals surface area contributed by atoms with Crippen LogP contribution in [0.15, 0.2) is 41.3 Å². The fraction of sp³-hybridized carbons (Fsp3) is 0.350. The fourth-order valence-corrected chi connectivity index (χ4v) is 4.07. The van der Waals surface area contributed by atoms with Gasteiger partial charge in [-0.15, -0.1) is 0 Å². The van der Waals surface area contributed by atoms with Crippen LogP contribution in [0, 0.1) is 20.8 Å². The van der Waals surface area contributed by atoms with Gasteiger partial charge in [-0.25, -0.2) is 12.7 Å². The van der Waals surface area contributed by atoms with Gasteiger partial charge in [-0.1, -0.05) is 24.3 Å². The third-order valence-corrected chi connectivity index (χ3v) is 6.58. The van der Waals surface area contributed by atoms with Crippen LogP contribution >= 0.6 is 0 Å². The van der Waals surface area contributed by atoms with Gasteiger partial charge in [-0.05, 0) is 62.1 Å². The summed E-state index contributed by atoms with van der Waals surface area (Å²) in [7, 11) is -0.654. The maximum atomic E-state index is 12.7. The molecule has 26 heavy (non-hydrogen) atoms. The van der Waals surface area contributed by atoms with Crippen LogP contribution in [-0.2, 0) is 10.0 Å². The third-order valence-electron chi connectivity index (χ3n) is 4.64. The van der Waals surface area contributed by atoms with E-state index in [4.69, 9.17) is 0 Å². The molecule has 2 aromatic carbocycles. The Morgan fingerprint density at radius 1 is 1.04 bits per heavy atom. The average Bonchev–Trinajstić information content (AvgIpc) is 2.56. The van der Waals surface area contributed by atoms with Gasteiger partial charge in [0.25, 0.3) is 5.91 Å². The van der Waals surface area contributed by atoms with Gasteiger partial charge in [0.2, 0.25) is 10.0 Å². The molecule has 0 aliphatic heterocycles. The zero-order valence-electron chi connectivity index (χ0n) is 16.1. The summed E-state index contributed by atoms with van der Waals surface area (Å²) in [6, 6.07) is 10.9. The smallest absolute Gasteiger partial charge is 0.251 e. The minimum atomic E-state index is -3.62. The first-order chi connectivity index (χ1) is 12.1. The van der Waals surface area contributed by atoms with Crippen molar-refractivity contribution in [3.63, 3.8) is 0 Å². The number of hydrogen-bond acceptors (Lipinski definition) is 3. The number of carbonyl (C=O) groups is 1. The number of benzene rings is 2. The van der Waals surface area contributed by atoms with Gasteiger partial charge < -0.3 is 5.32 Å². The van der Waals surface area contributed by atoms with Crippen molar-refractivity contribution in [1.82, 2.24) is 9.62 Å². The number of amides is 1. The Labute approximate surface area is 156 Å². The highest BCUT2D eigenvalue weighted by Crippen LogP contribution is 2.24. The van der Waals surface area contributed by atoms with Gasteiger partial charge in [0.05, 0.1) is 10.9 Å². The Kier molecular flexibility index (Phi) is 5.88. The predicted molar refractivity (Wildman–Crippen MR) is 104 cm³/mol. The average molecular weight is 375 g/mol. The van der Waals surface area contributed by atoms with Crippen molar-refractivity contribution in [3.8, 4) is 0 Å². The lowest BCUT2D eigenvalue weighted by Gasteiger charge is -2.19. The topological polar surface area (TPSA) is 66.5 Å². The molecular weight excluding hydrogens is 348 g/mol. The van der Waals surface area contributed by atoms with E-state index in [2.05, 4.69) is 5.32 Å². The van der Waals surface area contributed by atoms with Crippen molar-refractivity contribution >= 4 is 15.9 Å². The maximum absolute atomic E-state index is 12.7. The van der Waals surface area contributed by atoms with E-state index in [9.17, 15) is 13.2 Å².